The number of fused-ring (bicyclic) bond motifs is 2. The van der Waals surface area contributed by atoms with Crippen LogP contribution in [0.25, 0.3) is 5.65 Å². The number of rotatable bonds is 4. The molecule has 1 aliphatic heterocycles. The van der Waals surface area contributed by atoms with Crippen molar-refractivity contribution < 1.29 is 14.3 Å². The third-order valence-electron chi connectivity index (χ3n) is 4.16. The molecule has 4 rings (SSSR count). The second kappa shape index (κ2) is 6.43. The highest BCUT2D eigenvalue weighted by Gasteiger charge is 2.27. The first kappa shape index (κ1) is 15.4. The maximum absolute atomic E-state index is 12.7. The first-order valence-electron chi connectivity index (χ1n) is 8.22. The average molecular weight is 338 g/mol. The predicted molar refractivity (Wildman–Crippen MR) is 91.9 cm³/mol. The summed E-state index contributed by atoms with van der Waals surface area (Å²) in [6.45, 7) is 2.89. The number of carbonyl (C=O) groups is 1. The molecule has 1 atom stereocenters. The third kappa shape index (κ3) is 3.00. The quantitative estimate of drug-likeness (QED) is 0.790. The number of hydrogen-bond acceptors (Lipinski definition) is 5. The Hall–Kier alpha value is -3.09. The van der Waals surface area contributed by atoms with Crippen molar-refractivity contribution in [3.63, 3.8) is 0 Å². The lowest BCUT2D eigenvalue weighted by Crippen LogP contribution is -2.33. The topological polar surface area (TPSA) is 77.8 Å². The number of nitrogens with zero attached hydrogens (tertiary/aromatic N) is 3. The zero-order chi connectivity index (χ0) is 17.2. The van der Waals surface area contributed by atoms with E-state index in [0.717, 1.165) is 17.1 Å². The van der Waals surface area contributed by atoms with E-state index in [-0.39, 0.29) is 11.8 Å². The normalized spacial score (nSPS) is 16.1. The van der Waals surface area contributed by atoms with Crippen LogP contribution in [0.15, 0.2) is 42.7 Å². The molecule has 0 fully saturated rings. The number of carbonyl (C=O) groups excluding carboxylic acids is 1. The second-order valence-corrected chi connectivity index (χ2v) is 5.84. The fourth-order valence-electron chi connectivity index (χ4n) is 2.95. The highest BCUT2D eigenvalue weighted by molar-refractivity contribution is 5.92. The molecule has 0 aliphatic carbocycles. The smallest absolute Gasteiger partial charge is 0.232 e. The van der Waals surface area contributed by atoms with Gasteiger partial charge in [-0.2, -0.15) is 9.61 Å². The molecule has 7 nitrogen and oxygen atoms in total. The second-order valence-electron chi connectivity index (χ2n) is 5.84. The summed E-state index contributed by atoms with van der Waals surface area (Å²) >= 11 is 0. The lowest BCUT2D eigenvalue weighted by atomic mass is 9.96. The average Bonchev–Trinajstić information content (AvgIpc) is 3.11. The number of ether oxygens (including phenoxy) is 2. The molecule has 1 amide bonds. The molecule has 3 heterocycles. The van der Waals surface area contributed by atoms with Crippen LogP contribution in [0.2, 0.25) is 0 Å². The van der Waals surface area contributed by atoms with E-state index >= 15 is 0 Å². The summed E-state index contributed by atoms with van der Waals surface area (Å²) in [4.78, 5) is 16.9. The molecule has 2 aromatic heterocycles. The minimum atomic E-state index is -0.275. The third-order valence-corrected chi connectivity index (χ3v) is 4.16. The number of anilines is 1. The molecular weight excluding hydrogens is 320 g/mol. The molecule has 1 aromatic carbocycles. The predicted octanol–water partition coefficient (Wildman–Crippen LogP) is 2.32. The Balaban J connectivity index is 1.52. The first-order valence-corrected chi connectivity index (χ1v) is 8.22. The van der Waals surface area contributed by atoms with Crippen LogP contribution >= 0.6 is 0 Å². The van der Waals surface area contributed by atoms with Crippen molar-refractivity contribution >= 4 is 17.4 Å². The minimum absolute atomic E-state index is 0.101. The monoisotopic (exact) mass is 338 g/mol. The van der Waals surface area contributed by atoms with Gasteiger partial charge in [0.1, 0.15) is 23.9 Å². The Kier molecular flexibility index (Phi) is 3.97. The standard InChI is InChI=1S/C18H18N4O3/c1-2-24-14-3-4-15-12(10-14)9-13(11-25-15)18(23)21-17-5-7-19-16-6-8-20-22(16)17/h3-8,10,13H,2,9,11H2,1H3,(H,21,23). The zero-order valence-electron chi connectivity index (χ0n) is 13.8. The van der Waals surface area contributed by atoms with Gasteiger partial charge in [0.15, 0.2) is 5.65 Å². The summed E-state index contributed by atoms with van der Waals surface area (Å²) in [7, 11) is 0. The maximum Gasteiger partial charge on any atom is 0.232 e. The van der Waals surface area contributed by atoms with Crippen molar-refractivity contribution in [2.24, 2.45) is 5.92 Å². The van der Waals surface area contributed by atoms with Crippen LogP contribution in [-0.2, 0) is 11.2 Å². The van der Waals surface area contributed by atoms with Gasteiger partial charge in [-0.15, -0.1) is 0 Å². The van der Waals surface area contributed by atoms with Crippen molar-refractivity contribution in [2.75, 3.05) is 18.5 Å². The van der Waals surface area contributed by atoms with Gasteiger partial charge in [0.25, 0.3) is 0 Å². The molecule has 0 saturated carbocycles. The Morgan fingerprint density at radius 3 is 3.16 bits per heavy atom. The summed E-state index contributed by atoms with van der Waals surface area (Å²) in [5.41, 5.74) is 1.67. The van der Waals surface area contributed by atoms with Gasteiger partial charge < -0.3 is 14.8 Å². The summed E-state index contributed by atoms with van der Waals surface area (Å²) in [6.07, 6.45) is 3.90. The van der Waals surface area contributed by atoms with Crippen molar-refractivity contribution in [1.29, 1.82) is 0 Å². The molecular formula is C18H18N4O3. The summed E-state index contributed by atoms with van der Waals surface area (Å²) < 4.78 is 12.9. The maximum atomic E-state index is 12.7. The van der Waals surface area contributed by atoms with Crippen LogP contribution in [0.4, 0.5) is 5.82 Å². The van der Waals surface area contributed by atoms with Crippen LogP contribution in [0.5, 0.6) is 11.5 Å². The molecule has 7 heteroatoms. The molecule has 1 aliphatic rings. The first-order chi connectivity index (χ1) is 12.2. The molecule has 1 unspecified atom stereocenters. The van der Waals surface area contributed by atoms with Crippen LogP contribution in [0.3, 0.4) is 0 Å². The lowest BCUT2D eigenvalue weighted by Gasteiger charge is -2.25. The fraction of sp³-hybridized carbons (Fsp3) is 0.278. The van der Waals surface area contributed by atoms with Gasteiger partial charge in [-0.25, -0.2) is 4.98 Å². The van der Waals surface area contributed by atoms with Crippen LogP contribution in [0.1, 0.15) is 12.5 Å². The van der Waals surface area contributed by atoms with E-state index in [1.807, 2.05) is 25.1 Å². The Bertz CT molecular complexity index is 922. The van der Waals surface area contributed by atoms with Gasteiger partial charge in [0, 0.05) is 12.3 Å². The largest absolute Gasteiger partial charge is 0.494 e. The van der Waals surface area contributed by atoms with E-state index in [1.165, 1.54) is 0 Å². The number of nitrogens with one attached hydrogen (secondary N) is 1. The van der Waals surface area contributed by atoms with E-state index in [1.54, 1.807) is 29.0 Å². The van der Waals surface area contributed by atoms with Gasteiger partial charge in [-0.1, -0.05) is 0 Å². The molecule has 1 N–H and O–H groups in total. The fourth-order valence-corrected chi connectivity index (χ4v) is 2.95. The molecule has 0 bridgehead atoms. The summed E-state index contributed by atoms with van der Waals surface area (Å²) in [6, 6.07) is 9.22. The van der Waals surface area contributed by atoms with Crippen molar-refractivity contribution in [1.82, 2.24) is 14.6 Å². The number of benzene rings is 1. The van der Waals surface area contributed by atoms with E-state index in [2.05, 4.69) is 15.4 Å². The summed E-state index contributed by atoms with van der Waals surface area (Å²) in [5, 5.41) is 7.10. The molecule has 3 aromatic rings. The number of amides is 1. The Morgan fingerprint density at radius 1 is 1.36 bits per heavy atom. The van der Waals surface area contributed by atoms with Crippen molar-refractivity contribution in [3.05, 3.63) is 48.3 Å². The van der Waals surface area contributed by atoms with E-state index in [0.29, 0.717) is 31.1 Å². The van der Waals surface area contributed by atoms with Gasteiger partial charge in [-0.3, -0.25) is 4.79 Å². The van der Waals surface area contributed by atoms with E-state index < -0.39 is 0 Å². The van der Waals surface area contributed by atoms with Gasteiger partial charge >= 0.3 is 0 Å². The molecule has 128 valence electrons. The van der Waals surface area contributed by atoms with E-state index in [4.69, 9.17) is 9.47 Å². The molecule has 0 spiro atoms. The lowest BCUT2D eigenvalue weighted by molar-refractivity contribution is -0.121. The zero-order valence-corrected chi connectivity index (χ0v) is 13.8. The molecule has 0 saturated heterocycles. The highest BCUT2D eigenvalue weighted by Crippen LogP contribution is 2.31. The Labute approximate surface area is 144 Å². The van der Waals surface area contributed by atoms with Crippen molar-refractivity contribution in [3.8, 4) is 11.5 Å². The number of hydrogen-bond donors (Lipinski definition) is 1. The van der Waals surface area contributed by atoms with Crippen molar-refractivity contribution in [2.45, 2.75) is 13.3 Å². The van der Waals surface area contributed by atoms with Gasteiger partial charge in [0.2, 0.25) is 5.91 Å². The highest BCUT2D eigenvalue weighted by atomic mass is 16.5. The Morgan fingerprint density at radius 2 is 2.28 bits per heavy atom. The minimum Gasteiger partial charge on any atom is -0.494 e. The summed E-state index contributed by atoms with van der Waals surface area (Å²) in [5.74, 6) is 1.82. The van der Waals surface area contributed by atoms with Crippen LogP contribution in [0, 0.1) is 5.92 Å². The van der Waals surface area contributed by atoms with Gasteiger partial charge in [-0.05, 0) is 43.2 Å². The SMILES string of the molecule is CCOc1ccc2c(c1)CC(C(=O)Nc1ccnc3ccnn13)CO2. The van der Waals surface area contributed by atoms with E-state index in [9.17, 15) is 4.79 Å². The molecule has 0 radical (unpaired) electrons. The number of aromatic nitrogens is 3. The van der Waals surface area contributed by atoms with Gasteiger partial charge in [0.05, 0.1) is 18.7 Å². The van der Waals surface area contributed by atoms with Crippen LogP contribution in [-0.4, -0.2) is 33.7 Å². The van der Waals surface area contributed by atoms with Crippen LogP contribution < -0.4 is 14.8 Å². The molecule has 25 heavy (non-hydrogen) atoms.